The molecule has 0 aliphatic carbocycles. The molecule has 0 radical (unpaired) electrons. The van der Waals surface area contributed by atoms with E-state index in [2.05, 4.69) is 72.8 Å². The summed E-state index contributed by atoms with van der Waals surface area (Å²) in [4.78, 5) is 24.9. The summed E-state index contributed by atoms with van der Waals surface area (Å²) in [6.07, 6.45) is 1.84. The number of hydrogen-bond acceptors (Lipinski definition) is 9. The first-order valence-electron chi connectivity index (χ1n) is 13.5. The number of fused-ring (bicyclic) bond motifs is 2. The molecule has 5 heterocycles. The molecule has 2 N–H and O–H groups in total. The van der Waals surface area contributed by atoms with Crippen molar-refractivity contribution in [3.63, 3.8) is 0 Å². The van der Waals surface area contributed by atoms with Gasteiger partial charge in [0.1, 0.15) is 11.5 Å². The SMILES string of the molecule is CC1=C(C(=O)Nc2ccc3[nH]nc(-c4ccnc(N5CC(C)N(C)[C@H](C)C5)c4)c3c2)C(C)(C)n2nnnc2N1C. The number of piperazine rings is 1. The number of benzene rings is 1. The molecule has 0 spiro atoms. The van der Waals surface area contributed by atoms with Gasteiger partial charge >= 0.3 is 0 Å². The maximum Gasteiger partial charge on any atom is 0.255 e. The van der Waals surface area contributed by atoms with Crippen molar-refractivity contribution in [2.75, 3.05) is 42.3 Å². The van der Waals surface area contributed by atoms with Crippen LogP contribution < -0.4 is 15.1 Å². The first-order valence-corrected chi connectivity index (χ1v) is 13.5. The van der Waals surface area contributed by atoms with E-state index in [1.54, 1.807) is 4.68 Å². The number of carbonyl (C=O) groups is 1. The van der Waals surface area contributed by atoms with Crippen molar-refractivity contribution >= 4 is 34.3 Å². The normalized spacial score (nSPS) is 21.2. The Balaban J connectivity index is 1.30. The second-order valence-electron chi connectivity index (χ2n) is 11.4. The van der Waals surface area contributed by atoms with Crippen molar-refractivity contribution in [3.8, 4) is 11.3 Å². The van der Waals surface area contributed by atoms with E-state index in [-0.39, 0.29) is 5.91 Å². The minimum absolute atomic E-state index is 0.204. The molecule has 12 nitrogen and oxygen atoms in total. The summed E-state index contributed by atoms with van der Waals surface area (Å²) in [6.45, 7) is 12.1. The number of pyridine rings is 1. The van der Waals surface area contributed by atoms with Crippen molar-refractivity contribution in [1.29, 1.82) is 0 Å². The Hall–Kier alpha value is -4.32. The zero-order valence-electron chi connectivity index (χ0n) is 24.0. The van der Waals surface area contributed by atoms with Crippen molar-refractivity contribution in [1.82, 2.24) is 40.3 Å². The highest BCUT2D eigenvalue weighted by molar-refractivity contribution is 6.07. The lowest BCUT2D eigenvalue weighted by molar-refractivity contribution is -0.113. The third-order valence-electron chi connectivity index (χ3n) is 8.51. The van der Waals surface area contributed by atoms with Gasteiger partial charge in [0.25, 0.3) is 5.91 Å². The van der Waals surface area contributed by atoms with Crippen LogP contribution in [0.25, 0.3) is 22.2 Å². The van der Waals surface area contributed by atoms with Crippen molar-refractivity contribution in [2.24, 2.45) is 0 Å². The van der Waals surface area contributed by atoms with Crippen LogP contribution in [-0.2, 0) is 10.3 Å². The highest BCUT2D eigenvalue weighted by Gasteiger charge is 2.41. The summed E-state index contributed by atoms with van der Waals surface area (Å²) >= 11 is 0. The number of aromatic amines is 1. The number of anilines is 3. The molecule has 208 valence electrons. The number of hydrogen-bond donors (Lipinski definition) is 2. The van der Waals surface area contributed by atoms with Crippen molar-refractivity contribution in [3.05, 3.63) is 47.8 Å². The number of likely N-dealkylation sites (N-methyl/N-ethyl adjacent to an activating group) is 1. The van der Waals surface area contributed by atoms with Crippen LogP contribution >= 0.6 is 0 Å². The molecule has 1 fully saturated rings. The highest BCUT2D eigenvalue weighted by Crippen LogP contribution is 2.37. The molecule has 4 aromatic rings. The molecule has 40 heavy (non-hydrogen) atoms. The third kappa shape index (κ3) is 4.10. The number of nitrogens with zero attached hydrogens (tertiary/aromatic N) is 9. The van der Waals surface area contributed by atoms with Crippen LogP contribution in [0, 0.1) is 0 Å². The fraction of sp³-hybridized carbons (Fsp3) is 0.429. The molecule has 1 unspecified atom stereocenters. The van der Waals surface area contributed by atoms with Gasteiger partial charge in [-0.2, -0.15) is 5.10 Å². The lowest BCUT2D eigenvalue weighted by atomic mass is 9.89. The number of rotatable bonds is 4. The quantitative estimate of drug-likeness (QED) is 0.401. The van der Waals surface area contributed by atoms with E-state index < -0.39 is 5.54 Å². The zero-order chi connectivity index (χ0) is 28.3. The van der Waals surface area contributed by atoms with E-state index in [1.807, 2.05) is 63.2 Å². The predicted octanol–water partition coefficient (Wildman–Crippen LogP) is 3.24. The maximum absolute atomic E-state index is 13.7. The Morgan fingerprint density at radius 3 is 2.60 bits per heavy atom. The Labute approximate surface area is 233 Å². The lowest BCUT2D eigenvalue weighted by Crippen LogP contribution is -2.55. The molecular weight excluding hydrogens is 506 g/mol. The van der Waals surface area contributed by atoms with Crippen molar-refractivity contribution < 1.29 is 4.79 Å². The Bertz CT molecular complexity index is 1620. The summed E-state index contributed by atoms with van der Waals surface area (Å²) < 4.78 is 1.68. The molecule has 0 bridgehead atoms. The Morgan fingerprint density at radius 1 is 1.10 bits per heavy atom. The average molecular weight is 542 g/mol. The first kappa shape index (κ1) is 25.9. The molecule has 6 rings (SSSR count). The van der Waals surface area contributed by atoms with Gasteiger partial charge in [0.2, 0.25) is 5.95 Å². The molecule has 2 atom stereocenters. The zero-order valence-corrected chi connectivity index (χ0v) is 24.0. The smallest absolute Gasteiger partial charge is 0.255 e. The van der Waals surface area contributed by atoms with Crippen LogP contribution in [-0.4, -0.2) is 85.5 Å². The average Bonchev–Trinajstić information content (AvgIpc) is 3.58. The van der Waals surface area contributed by atoms with Crippen LogP contribution in [0.2, 0.25) is 0 Å². The largest absolute Gasteiger partial charge is 0.353 e. The summed E-state index contributed by atoms with van der Waals surface area (Å²) in [5, 5.41) is 23.9. The van der Waals surface area contributed by atoms with E-state index in [0.717, 1.165) is 46.8 Å². The van der Waals surface area contributed by atoms with E-state index in [9.17, 15) is 4.79 Å². The maximum atomic E-state index is 13.7. The third-order valence-corrected chi connectivity index (χ3v) is 8.51. The van der Waals surface area contributed by atoms with Crippen LogP contribution in [0.15, 0.2) is 47.8 Å². The summed E-state index contributed by atoms with van der Waals surface area (Å²) in [5.74, 6) is 1.34. The van der Waals surface area contributed by atoms with Crippen molar-refractivity contribution in [2.45, 2.75) is 52.2 Å². The fourth-order valence-electron chi connectivity index (χ4n) is 5.90. The van der Waals surface area contributed by atoms with Gasteiger partial charge in [0.15, 0.2) is 0 Å². The van der Waals surface area contributed by atoms with E-state index in [0.29, 0.717) is 29.3 Å². The van der Waals surface area contributed by atoms with Gasteiger partial charge in [-0.15, -0.1) is 0 Å². The summed E-state index contributed by atoms with van der Waals surface area (Å²) in [7, 11) is 4.04. The molecule has 12 heteroatoms. The van der Waals surface area contributed by atoms with Crippen LogP contribution in [0.3, 0.4) is 0 Å². The molecule has 2 aliphatic rings. The number of aromatic nitrogens is 7. The fourth-order valence-corrected chi connectivity index (χ4v) is 5.90. The molecule has 1 amide bonds. The number of amides is 1. The Kier molecular flexibility index (Phi) is 6.10. The van der Waals surface area contributed by atoms with Gasteiger partial charge in [-0.3, -0.25) is 14.8 Å². The molecule has 3 aromatic heterocycles. The van der Waals surface area contributed by atoms with Gasteiger partial charge in [-0.25, -0.2) is 9.67 Å². The van der Waals surface area contributed by atoms with Crippen LogP contribution in [0.4, 0.5) is 17.5 Å². The molecular formula is C28H35N11O. The van der Waals surface area contributed by atoms with E-state index >= 15 is 0 Å². The predicted molar refractivity (Wildman–Crippen MR) is 155 cm³/mol. The van der Waals surface area contributed by atoms with Gasteiger partial charge in [0.05, 0.1) is 16.6 Å². The number of allylic oxidation sites excluding steroid dienone is 1. The second kappa shape index (κ2) is 9.40. The summed E-state index contributed by atoms with van der Waals surface area (Å²) in [5.41, 5.74) is 4.02. The van der Waals surface area contributed by atoms with E-state index in [1.165, 1.54) is 0 Å². The molecule has 2 aliphatic heterocycles. The van der Waals surface area contributed by atoms with E-state index in [4.69, 9.17) is 0 Å². The van der Waals surface area contributed by atoms with Crippen LogP contribution in [0.1, 0.15) is 34.6 Å². The number of carbonyl (C=O) groups excluding carboxylic acids is 1. The minimum atomic E-state index is -0.726. The summed E-state index contributed by atoms with van der Waals surface area (Å²) in [6, 6.07) is 10.7. The van der Waals surface area contributed by atoms with Gasteiger partial charge < -0.3 is 15.1 Å². The molecule has 1 aromatic carbocycles. The topological polar surface area (TPSA) is 124 Å². The molecule has 0 saturated carbocycles. The minimum Gasteiger partial charge on any atom is -0.353 e. The van der Waals surface area contributed by atoms with Gasteiger partial charge in [0, 0.05) is 60.8 Å². The second-order valence-corrected chi connectivity index (χ2v) is 11.4. The highest BCUT2D eigenvalue weighted by atomic mass is 16.1. The standard InChI is InChI=1S/C28H35N11O/c1-16-14-38(15-17(2)36(16)6)23-12-19(10-11-29-23)25-21-13-20(8-9-22(21)31-32-25)30-26(40)24-18(3)37(7)27-33-34-35-39(27)28(24,4)5/h8-13,16-17H,14-15H2,1-7H3,(H,30,40)(H,31,32)/t16-,17?/m1/s1. The molecule has 1 saturated heterocycles. The van der Waals surface area contributed by atoms with Gasteiger partial charge in [-0.1, -0.05) is 5.10 Å². The lowest BCUT2D eigenvalue weighted by Gasteiger charge is -2.43. The monoisotopic (exact) mass is 541 g/mol. The Morgan fingerprint density at radius 2 is 1.85 bits per heavy atom. The number of nitrogens with one attached hydrogen (secondary N) is 2. The first-order chi connectivity index (χ1) is 19.1. The van der Waals surface area contributed by atoms with Crippen LogP contribution in [0.5, 0.6) is 0 Å². The van der Waals surface area contributed by atoms with Gasteiger partial charge in [-0.05, 0) is 82.4 Å². The number of H-pyrrole nitrogens is 1. The number of tetrazole rings is 1.